The first kappa shape index (κ1) is 28.8. The fraction of sp³-hybridized carbons (Fsp3) is 0.464. The van der Waals surface area contributed by atoms with Gasteiger partial charge in [-0.15, -0.1) is 11.8 Å². The molecule has 8 nitrogen and oxygen atoms in total. The highest BCUT2D eigenvalue weighted by Crippen LogP contribution is 2.35. The Labute approximate surface area is 231 Å². The highest BCUT2D eigenvalue weighted by Gasteiger charge is 2.23. The maximum absolute atomic E-state index is 13.6. The van der Waals surface area contributed by atoms with E-state index in [0.717, 1.165) is 12.8 Å². The zero-order chi connectivity index (χ0) is 27.9. The van der Waals surface area contributed by atoms with Crippen molar-refractivity contribution in [1.82, 2.24) is 15.2 Å². The fourth-order valence-corrected chi connectivity index (χ4v) is 4.90. The number of rotatable bonds is 9. The van der Waals surface area contributed by atoms with E-state index in [4.69, 9.17) is 15.2 Å². The van der Waals surface area contributed by atoms with Crippen LogP contribution in [0.2, 0.25) is 0 Å². The van der Waals surface area contributed by atoms with Gasteiger partial charge >= 0.3 is 0 Å². The first-order chi connectivity index (χ1) is 18.7. The standard InChI is InChI=1S/C28H32F2N4O4S/c1-17(39-25(31)8-6-18-3-4-18)33-28(36)20-7-5-19(14-26(35)34-9-11-38-12-10-34)13-21(20)22-15-23(27(29)30)32-16-24(22)37-2/h5,7,13,15-18,25,27H,3-4,9-12,14,31H2,1-2H3,(H,33,36). The predicted octanol–water partition coefficient (Wildman–Crippen LogP) is 3.60. The lowest BCUT2D eigenvalue weighted by Crippen LogP contribution is -2.41. The second kappa shape index (κ2) is 13.2. The monoisotopic (exact) mass is 558 g/mol. The molecule has 0 bridgehead atoms. The molecule has 1 aliphatic carbocycles. The number of nitrogens with zero attached hydrogens (tertiary/aromatic N) is 2. The van der Waals surface area contributed by atoms with Crippen LogP contribution in [0, 0.1) is 17.8 Å². The summed E-state index contributed by atoms with van der Waals surface area (Å²) in [4.78, 5) is 31.8. The number of carbonyl (C=O) groups is 2. The number of nitrogens with one attached hydrogen (secondary N) is 1. The topological polar surface area (TPSA) is 107 Å². The minimum Gasteiger partial charge on any atom is -0.494 e. The van der Waals surface area contributed by atoms with Crippen LogP contribution in [0.5, 0.6) is 5.75 Å². The number of hydrogen-bond acceptors (Lipinski definition) is 7. The van der Waals surface area contributed by atoms with Gasteiger partial charge in [0.25, 0.3) is 12.3 Å². The van der Waals surface area contributed by atoms with Gasteiger partial charge in [-0.2, -0.15) is 0 Å². The second-order valence-corrected chi connectivity index (χ2v) is 10.9. The predicted molar refractivity (Wildman–Crippen MR) is 145 cm³/mol. The number of methoxy groups -OCH3 is 1. The van der Waals surface area contributed by atoms with Crippen molar-refractivity contribution in [1.29, 1.82) is 0 Å². The van der Waals surface area contributed by atoms with Crippen molar-refractivity contribution in [2.45, 2.75) is 43.4 Å². The maximum Gasteiger partial charge on any atom is 0.280 e. The van der Waals surface area contributed by atoms with Gasteiger partial charge in [0.05, 0.1) is 38.3 Å². The van der Waals surface area contributed by atoms with E-state index in [-0.39, 0.29) is 34.6 Å². The Kier molecular flexibility index (Phi) is 9.78. The normalized spacial score (nSPS) is 16.7. The van der Waals surface area contributed by atoms with Gasteiger partial charge in [0.15, 0.2) is 0 Å². The van der Waals surface area contributed by atoms with Gasteiger partial charge in [0.2, 0.25) is 5.91 Å². The first-order valence-corrected chi connectivity index (χ1v) is 13.7. The summed E-state index contributed by atoms with van der Waals surface area (Å²) in [5.41, 5.74) is 7.16. The van der Waals surface area contributed by atoms with Crippen molar-refractivity contribution in [2.75, 3.05) is 33.4 Å². The second-order valence-electron chi connectivity index (χ2n) is 9.40. The number of halogens is 2. The fourth-order valence-electron chi connectivity index (χ4n) is 4.15. The molecule has 1 saturated carbocycles. The molecule has 2 aromatic rings. The number of nitrogens with two attached hydrogens (primary N) is 1. The maximum atomic E-state index is 13.6. The molecule has 2 atom stereocenters. The number of carbonyl (C=O) groups excluding carboxylic acids is 2. The van der Waals surface area contributed by atoms with Crippen LogP contribution >= 0.6 is 11.8 Å². The Morgan fingerprint density at radius 1 is 1.26 bits per heavy atom. The summed E-state index contributed by atoms with van der Waals surface area (Å²) in [6.07, 6.45) is 0.677. The Hall–Kier alpha value is -3.20. The van der Waals surface area contributed by atoms with Gasteiger partial charge in [-0.05, 0) is 49.1 Å². The number of morpholine rings is 1. The van der Waals surface area contributed by atoms with Crippen LogP contribution in [0.25, 0.3) is 11.1 Å². The lowest BCUT2D eigenvalue weighted by Gasteiger charge is -2.27. The number of hydrogen-bond donors (Lipinski definition) is 2. The van der Waals surface area contributed by atoms with E-state index in [1.54, 1.807) is 30.0 Å². The molecule has 3 N–H and O–H groups in total. The molecule has 2 heterocycles. The van der Waals surface area contributed by atoms with Crippen molar-refractivity contribution in [2.24, 2.45) is 11.7 Å². The summed E-state index contributed by atoms with van der Waals surface area (Å²) in [6.45, 7) is 3.77. The van der Waals surface area contributed by atoms with Crippen LogP contribution < -0.4 is 15.8 Å². The number of thioether (sulfide) groups is 1. The highest BCUT2D eigenvalue weighted by molar-refractivity contribution is 8.00. The van der Waals surface area contributed by atoms with E-state index < -0.39 is 23.4 Å². The number of pyridine rings is 1. The molecule has 2 fully saturated rings. The molecular formula is C28H32F2N4O4S. The molecule has 1 aromatic carbocycles. The minimum atomic E-state index is -2.81. The van der Waals surface area contributed by atoms with E-state index in [1.807, 2.05) is 0 Å². The average Bonchev–Trinajstić information content (AvgIpc) is 3.76. The molecule has 4 rings (SSSR count). The summed E-state index contributed by atoms with van der Waals surface area (Å²) in [6, 6.07) is 6.18. The van der Waals surface area contributed by atoms with Crippen LogP contribution in [0.3, 0.4) is 0 Å². The van der Waals surface area contributed by atoms with Crippen molar-refractivity contribution < 1.29 is 27.8 Å². The van der Waals surface area contributed by atoms with Crippen LogP contribution in [0.1, 0.15) is 47.8 Å². The molecule has 11 heteroatoms. The third-order valence-corrected chi connectivity index (χ3v) is 7.30. The van der Waals surface area contributed by atoms with Crippen molar-refractivity contribution in [3.05, 3.63) is 47.3 Å². The molecule has 2 aliphatic rings. The van der Waals surface area contributed by atoms with Gasteiger partial charge in [-0.1, -0.05) is 17.9 Å². The smallest absolute Gasteiger partial charge is 0.280 e. The molecular weight excluding hydrogens is 526 g/mol. The van der Waals surface area contributed by atoms with Crippen molar-refractivity contribution in [3.8, 4) is 28.7 Å². The number of benzene rings is 1. The molecule has 1 saturated heterocycles. The number of ether oxygens (including phenoxy) is 2. The molecule has 0 spiro atoms. The Morgan fingerprint density at radius 2 is 2.00 bits per heavy atom. The zero-order valence-corrected chi connectivity index (χ0v) is 22.7. The summed E-state index contributed by atoms with van der Waals surface area (Å²) >= 11 is 1.31. The quantitative estimate of drug-likeness (QED) is 0.358. The van der Waals surface area contributed by atoms with Gasteiger partial charge in [0, 0.05) is 30.1 Å². The van der Waals surface area contributed by atoms with Crippen molar-refractivity contribution >= 4 is 23.6 Å². The molecule has 1 aromatic heterocycles. The van der Waals surface area contributed by atoms with Gasteiger partial charge in [-0.25, -0.2) is 8.78 Å². The molecule has 1 aliphatic heterocycles. The van der Waals surface area contributed by atoms with Gasteiger partial charge in [0.1, 0.15) is 16.8 Å². The molecule has 208 valence electrons. The van der Waals surface area contributed by atoms with E-state index >= 15 is 0 Å². The third-order valence-electron chi connectivity index (χ3n) is 6.36. The van der Waals surface area contributed by atoms with Gasteiger partial charge in [-0.3, -0.25) is 14.6 Å². The lowest BCUT2D eigenvalue weighted by atomic mass is 9.95. The SMILES string of the molecule is COc1cnc(C(F)F)cc1-c1cc(CC(=O)N2CCOCC2)ccc1C(=O)NC(C)SC(N)C#CC1CC1. The minimum absolute atomic E-state index is 0.0808. The van der Waals surface area contributed by atoms with E-state index in [1.165, 1.54) is 31.1 Å². The number of alkyl halides is 2. The van der Waals surface area contributed by atoms with Crippen molar-refractivity contribution in [3.63, 3.8) is 0 Å². The number of amides is 2. The van der Waals surface area contributed by atoms with E-state index in [9.17, 15) is 18.4 Å². The average molecular weight is 559 g/mol. The van der Waals surface area contributed by atoms with Crippen LogP contribution in [0.15, 0.2) is 30.5 Å². The number of aromatic nitrogens is 1. The lowest BCUT2D eigenvalue weighted by molar-refractivity contribution is -0.134. The largest absolute Gasteiger partial charge is 0.494 e. The van der Waals surface area contributed by atoms with Gasteiger partial charge < -0.3 is 25.4 Å². The Bertz CT molecular complexity index is 1260. The van der Waals surface area contributed by atoms with E-state index in [2.05, 4.69) is 22.1 Å². The Balaban J connectivity index is 1.62. The summed E-state index contributed by atoms with van der Waals surface area (Å²) < 4.78 is 37.8. The summed E-state index contributed by atoms with van der Waals surface area (Å²) in [7, 11) is 1.40. The Morgan fingerprint density at radius 3 is 2.67 bits per heavy atom. The van der Waals surface area contributed by atoms with Crippen LogP contribution in [-0.2, 0) is 16.0 Å². The molecule has 2 unspecified atom stereocenters. The van der Waals surface area contributed by atoms with Crippen LogP contribution in [0.4, 0.5) is 8.78 Å². The van der Waals surface area contributed by atoms with Crippen LogP contribution in [-0.4, -0.2) is 65.9 Å². The molecule has 39 heavy (non-hydrogen) atoms. The highest BCUT2D eigenvalue weighted by atomic mass is 32.2. The summed E-state index contributed by atoms with van der Waals surface area (Å²) in [5, 5.41) is 2.09. The summed E-state index contributed by atoms with van der Waals surface area (Å²) in [5.74, 6) is 6.28. The third kappa shape index (κ3) is 7.91. The van der Waals surface area contributed by atoms with E-state index in [0.29, 0.717) is 43.3 Å². The first-order valence-electron chi connectivity index (χ1n) is 12.8. The molecule has 0 radical (unpaired) electrons. The zero-order valence-electron chi connectivity index (χ0n) is 21.9. The molecule has 2 amide bonds.